The standard InChI is InChI=1S/C21H39NO4.Ca.2H/c1-2-3-4-5-6-7-8-9-10-11-12-13-14-15-16-17-20(24)22-19(18-23)21(25)26;;;/h9-10,19,23H,2-8,11-18H2,1H3,(H,22,24)(H,25,26);;;/q;+2;2*-1/b10-9-;;;/t19-;;;/m0.../s1. The summed E-state index contributed by atoms with van der Waals surface area (Å²) in [5, 5.41) is 19.9. The molecule has 1 amide bonds. The number of aliphatic hydroxyl groups is 1. The molecule has 0 aromatic heterocycles. The van der Waals surface area contributed by atoms with Crippen molar-refractivity contribution in [3.05, 3.63) is 12.2 Å². The van der Waals surface area contributed by atoms with Crippen LogP contribution in [0.3, 0.4) is 0 Å². The Kier molecular flexibility index (Phi) is 23.9. The minimum absolute atomic E-state index is 0. The Morgan fingerprint density at radius 2 is 1.37 bits per heavy atom. The summed E-state index contributed by atoms with van der Waals surface area (Å²) in [4.78, 5) is 22.3. The van der Waals surface area contributed by atoms with E-state index in [2.05, 4.69) is 24.4 Å². The Balaban J connectivity index is -0.00000104. The van der Waals surface area contributed by atoms with Gasteiger partial charge in [-0.15, -0.1) is 0 Å². The first-order chi connectivity index (χ1) is 12.6. The first-order valence-electron chi connectivity index (χ1n) is 10.4. The van der Waals surface area contributed by atoms with Gasteiger partial charge in [0.25, 0.3) is 0 Å². The summed E-state index contributed by atoms with van der Waals surface area (Å²) in [6.45, 7) is 1.67. The van der Waals surface area contributed by atoms with Gasteiger partial charge in [0.05, 0.1) is 6.61 Å². The van der Waals surface area contributed by atoms with Crippen LogP contribution in [0.1, 0.15) is 99.7 Å². The maximum atomic E-state index is 11.6. The molecule has 3 N–H and O–H groups in total. The van der Waals surface area contributed by atoms with Gasteiger partial charge in [-0.1, -0.05) is 70.4 Å². The van der Waals surface area contributed by atoms with Gasteiger partial charge in [0, 0.05) is 6.42 Å². The molecule has 0 aromatic rings. The molecule has 0 spiro atoms. The summed E-state index contributed by atoms with van der Waals surface area (Å²) < 4.78 is 0. The van der Waals surface area contributed by atoms with Crippen LogP contribution >= 0.6 is 0 Å². The molecular formula is C21H41CaNO4. The van der Waals surface area contributed by atoms with E-state index in [4.69, 9.17) is 10.2 Å². The number of carbonyl (C=O) groups excluding carboxylic acids is 1. The number of hydrogen-bond donors (Lipinski definition) is 3. The number of amides is 1. The second-order valence-corrected chi connectivity index (χ2v) is 6.98. The molecule has 0 bridgehead atoms. The number of aliphatic hydroxyl groups excluding tert-OH is 1. The molecule has 0 aliphatic heterocycles. The molecular weight excluding hydrogens is 370 g/mol. The fraction of sp³-hybridized carbons (Fsp3) is 0.810. The quantitative estimate of drug-likeness (QED) is 0.177. The number of rotatable bonds is 18. The molecule has 1 atom stereocenters. The van der Waals surface area contributed by atoms with Gasteiger partial charge in [-0.2, -0.15) is 0 Å². The summed E-state index contributed by atoms with van der Waals surface area (Å²) in [6.07, 6.45) is 20.5. The molecule has 156 valence electrons. The van der Waals surface area contributed by atoms with Gasteiger partial charge in [-0.25, -0.2) is 4.79 Å². The van der Waals surface area contributed by atoms with Crippen LogP contribution in [0.15, 0.2) is 12.2 Å². The summed E-state index contributed by atoms with van der Waals surface area (Å²) >= 11 is 0. The van der Waals surface area contributed by atoms with Crippen molar-refractivity contribution in [2.75, 3.05) is 6.61 Å². The maximum absolute atomic E-state index is 11.6. The smallest absolute Gasteiger partial charge is 1.00 e. The topological polar surface area (TPSA) is 86.6 Å². The summed E-state index contributed by atoms with van der Waals surface area (Å²) in [5.41, 5.74) is 0. The van der Waals surface area contributed by atoms with Gasteiger partial charge in [0.2, 0.25) is 5.91 Å². The summed E-state index contributed by atoms with van der Waals surface area (Å²) in [6, 6.07) is -1.19. The SMILES string of the molecule is CCCCCCCC/C=C\CCCCCCCC(=O)N[C@@H](CO)C(=O)O.[Ca+2].[H-].[H-]. The van der Waals surface area contributed by atoms with Crippen molar-refractivity contribution in [2.45, 2.75) is 103 Å². The van der Waals surface area contributed by atoms with Crippen molar-refractivity contribution in [3.63, 3.8) is 0 Å². The molecule has 0 fully saturated rings. The van der Waals surface area contributed by atoms with E-state index >= 15 is 0 Å². The number of carboxylic acid groups (broad SMARTS) is 1. The van der Waals surface area contributed by atoms with E-state index in [0.717, 1.165) is 32.1 Å². The molecule has 0 rings (SSSR count). The third-order valence-electron chi connectivity index (χ3n) is 4.48. The molecule has 0 heterocycles. The predicted octanol–water partition coefficient (Wildman–Crippen LogP) is 4.43. The van der Waals surface area contributed by atoms with Gasteiger partial charge in [-0.05, 0) is 32.1 Å². The molecule has 6 heteroatoms. The van der Waals surface area contributed by atoms with Crippen LogP contribution in [0.4, 0.5) is 0 Å². The van der Waals surface area contributed by atoms with Crippen molar-refractivity contribution in [3.8, 4) is 0 Å². The van der Waals surface area contributed by atoms with E-state index in [1.165, 1.54) is 51.4 Å². The molecule has 0 saturated carbocycles. The number of nitrogens with one attached hydrogen (secondary N) is 1. The Labute approximate surface area is 198 Å². The Hall–Kier alpha value is -0.100. The van der Waals surface area contributed by atoms with E-state index in [1.54, 1.807) is 0 Å². The van der Waals surface area contributed by atoms with Gasteiger partial charge < -0.3 is 18.4 Å². The molecule has 0 unspecified atom stereocenters. The van der Waals surface area contributed by atoms with Crippen LogP contribution in [-0.2, 0) is 9.59 Å². The summed E-state index contributed by atoms with van der Waals surface area (Å²) in [7, 11) is 0. The monoisotopic (exact) mass is 411 g/mol. The zero-order valence-electron chi connectivity index (χ0n) is 19.3. The van der Waals surface area contributed by atoms with Crippen molar-refractivity contribution in [1.82, 2.24) is 5.32 Å². The van der Waals surface area contributed by atoms with Gasteiger partial charge in [0.1, 0.15) is 6.04 Å². The largest absolute Gasteiger partial charge is 2.00 e. The molecule has 0 saturated heterocycles. The Bertz CT molecular complexity index is 399. The first kappa shape index (κ1) is 29.1. The van der Waals surface area contributed by atoms with Crippen LogP contribution in [0.2, 0.25) is 0 Å². The molecule has 0 aliphatic carbocycles. The van der Waals surface area contributed by atoms with Crippen LogP contribution < -0.4 is 5.32 Å². The molecule has 27 heavy (non-hydrogen) atoms. The van der Waals surface area contributed by atoms with Gasteiger partial charge in [-0.3, -0.25) is 4.79 Å². The maximum Gasteiger partial charge on any atom is 2.00 e. The number of aliphatic carboxylic acids is 1. The average molecular weight is 412 g/mol. The van der Waals surface area contributed by atoms with E-state index in [1.807, 2.05) is 0 Å². The van der Waals surface area contributed by atoms with Crippen LogP contribution in [0.25, 0.3) is 0 Å². The van der Waals surface area contributed by atoms with Crippen molar-refractivity contribution >= 4 is 49.6 Å². The number of allylic oxidation sites excluding steroid dienone is 2. The van der Waals surface area contributed by atoms with E-state index in [0.29, 0.717) is 6.42 Å². The summed E-state index contributed by atoms with van der Waals surface area (Å²) in [5.74, 6) is -1.51. The number of carboxylic acids is 1. The Morgan fingerprint density at radius 1 is 0.889 bits per heavy atom. The van der Waals surface area contributed by atoms with E-state index in [9.17, 15) is 9.59 Å². The van der Waals surface area contributed by atoms with Crippen LogP contribution in [0, 0.1) is 0 Å². The fourth-order valence-electron chi connectivity index (χ4n) is 2.81. The number of unbranched alkanes of at least 4 members (excludes halogenated alkanes) is 11. The van der Waals surface area contributed by atoms with Crippen LogP contribution in [-0.4, -0.2) is 72.5 Å². The van der Waals surface area contributed by atoms with E-state index in [-0.39, 0.29) is 46.5 Å². The van der Waals surface area contributed by atoms with Crippen molar-refractivity contribution in [1.29, 1.82) is 0 Å². The minimum Gasteiger partial charge on any atom is -1.00 e. The normalized spacial score (nSPS) is 11.9. The Morgan fingerprint density at radius 3 is 1.85 bits per heavy atom. The van der Waals surface area contributed by atoms with Crippen molar-refractivity contribution < 1.29 is 22.7 Å². The second-order valence-electron chi connectivity index (χ2n) is 6.98. The fourth-order valence-corrected chi connectivity index (χ4v) is 2.81. The molecule has 0 aliphatic rings. The third-order valence-corrected chi connectivity index (χ3v) is 4.48. The predicted molar refractivity (Wildman–Crippen MR) is 114 cm³/mol. The molecule has 0 radical (unpaired) electrons. The van der Waals surface area contributed by atoms with Crippen molar-refractivity contribution in [2.24, 2.45) is 0 Å². The number of hydrogen-bond acceptors (Lipinski definition) is 3. The average Bonchev–Trinajstić information content (AvgIpc) is 2.62. The zero-order chi connectivity index (χ0) is 19.5. The third kappa shape index (κ3) is 20.4. The zero-order valence-corrected chi connectivity index (χ0v) is 19.5. The van der Waals surface area contributed by atoms with Gasteiger partial charge >= 0.3 is 43.7 Å². The second kappa shape index (κ2) is 22.2. The van der Waals surface area contributed by atoms with Gasteiger partial charge in [0.15, 0.2) is 0 Å². The first-order valence-corrected chi connectivity index (χ1v) is 10.4. The van der Waals surface area contributed by atoms with E-state index < -0.39 is 18.6 Å². The number of carbonyl (C=O) groups is 2. The molecule has 5 nitrogen and oxygen atoms in total. The van der Waals surface area contributed by atoms with Crippen LogP contribution in [0.5, 0.6) is 0 Å². The molecule has 0 aromatic carbocycles. The minimum atomic E-state index is -1.20.